The molecule has 3 heteroatoms. The van der Waals surface area contributed by atoms with Gasteiger partial charge >= 0.3 is 6.09 Å². The van der Waals surface area contributed by atoms with Crippen molar-refractivity contribution in [1.29, 1.82) is 0 Å². The van der Waals surface area contributed by atoms with E-state index < -0.39 is 5.60 Å². The molecule has 0 aliphatic rings. The number of amides is 1. The second kappa shape index (κ2) is 6.70. The van der Waals surface area contributed by atoms with Crippen molar-refractivity contribution in [2.75, 3.05) is 13.1 Å². The quantitative estimate of drug-likeness (QED) is 0.703. The number of nitrogens with zero attached hydrogens (tertiary/aromatic N) is 1. The molecule has 15 heavy (non-hydrogen) atoms. The second-order valence-corrected chi connectivity index (χ2v) is 4.82. The van der Waals surface area contributed by atoms with Gasteiger partial charge in [-0.25, -0.2) is 4.79 Å². The minimum Gasteiger partial charge on any atom is -0.444 e. The Labute approximate surface area is 93.8 Å². The molecule has 90 valence electrons. The zero-order valence-corrected chi connectivity index (χ0v) is 10.8. The van der Waals surface area contributed by atoms with Crippen LogP contribution in [0.5, 0.6) is 0 Å². The summed E-state index contributed by atoms with van der Waals surface area (Å²) in [6.07, 6.45) is 2.93. The van der Waals surface area contributed by atoms with Gasteiger partial charge in [-0.3, -0.25) is 0 Å². The number of hydrogen-bond donors (Lipinski definition) is 0. The van der Waals surface area contributed by atoms with Gasteiger partial charge in [0.2, 0.25) is 0 Å². The van der Waals surface area contributed by atoms with Crippen molar-refractivity contribution < 1.29 is 9.53 Å². The lowest BCUT2D eigenvalue weighted by Crippen LogP contribution is -2.37. The highest BCUT2D eigenvalue weighted by molar-refractivity contribution is 5.68. The predicted molar refractivity (Wildman–Crippen MR) is 63.0 cm³/mol. The van der Waals surface area contributed by atoms with Gasteiger partial charge in [0.1, 0.15) is 5.60 Å². The van der Waals surface area contributed by atoms with Crippen LogP contribution in [-0.2, 0) is 4.74 Å². The van der Waals surface area contributed by atoms with Crippen LogP contribution in [0.3, 0.4) is 0 Å². The van der Waals surface area contributed by atoms with Crippen LogP contribution in [-0.4, -0.2) is 29.7 Å². The molecule has 0 heterocycles. The van der Waals surface area contributed by atoms with Gasteiger partial charge in [0.25, 0.3) is 0 Å². The average Bonchev–Trinajstić information content (AvgIpc) is 2.09. The average molecular weight is 215 g/mol. The molecule has 1 amide bonds. The third kappa shape index (κ3) is 7.23. The maximum Gasteiger partial charge on any atom is 0.410 e. The Kier molecular flexibility index (Phi) is 6.37. The van der Waals surface area contributed by atoms with E-state index in [0.717, 1.165) is 32.4 Å². The predicted octanol–water partition coefficient (Wildman–Crippen LogP) is 3.43. The number of ether oxygens (including phenoxy) is 1. The molecule has 0 aromatic carbocycles. The fraction of sp³-hybridized carbons (Fsp3) is 0.917. The summed E-state index contributed by atoms with van der Waals surface area (Å²) in [6.45, 7) is 11.5. The van der Waals surface area contributed by atoms with Gasteiger partial charge in [-0.05, 0) is 33.6 Å². The van der Waals surface area contributed by atoms with Crippen LogP contribution in [0.2, 0.25) is 0 Å². The number of rotatable bonds is 5. The smallest absolute Gasteiger partial charge is 0.410 e. The van der Waals surface area contributed by atoms with E-state index >= 15 is 0 Å². The van der Waals surface area contributed by atoms with E-state index in [0.29, 0.717) is 0 Å². The summed E-state index contributed by atoms with van der Waals surface area (Å²) < 4.78 is 5.34. The summed E-state index contributed by atoms with van der Waals surface area (Å²) in [6, 6.07) is 0. The first-order valence-corrected chi connectivity index (χ1v) is 5.88. The largest absolute Gasteiger partial charge is 0.444 e. The highest BCUT2D eigenvalue weighted by Gasteiger charge is 2.20. The minimum atomic E-state index is -0.394. The Morgan fingerprint density at radius 3 is 2.13 bits per heavy atom. The van der Waals surface area contributed by atoms with E-state index in [9.17, 15) is 4.79 Å². The molecule has 0 fully saturated rings. The van der Waals surface area contributed by atoms with Crippen LogP contribution >= 0.6 is 0 Å². The first-order chi connectivity index (χ1) is 6.90. The van der Waals surface area contributed by atoms with Gasteiger partial charge in [0.15, 0.2) is 0 Å². The standard InChI is InChI=1S/C12H25NO2/c1-6-8-10-13(9-7-2)11(14)15-12(3,4)5/h6-10H2,1-5H3. The molecule has 0 aliphatic heterocycles. The van der Waals surface area contributed by atoms with Crippen molar-refractivity contribution in [3.63, 3.8) is 0 Å². The summed E-state index contributed by atoms with van der Waals surface area (Å²) in [5.74, 6) is 0. The molecular formula is C12H25NO2. The molecule has 0 rings (SSSR count). The molecule has 0 aromatic heterocycles. The first kappa shape index (κ1) is 14.3. The van der Waals surface area contributed by atoms with Crippen LogP contribution in [0.1, 0.15) is 53.9 Å². The lowest BCUT2D eigenvalue weighted by Gasteiger charge is -2.27. The van der Waals surface area contributed by atoms with Gasteiger partial charge in [-0.2, -0.15) is 0 Å². The summed E-state index contributed by atoms with van der Waals surface area (Å²) in [7, 11) is 0. The number of hydrogen-bond acceptors (Lipinski definition) is 2. The Bertz CT molecular complexity index is 185. The van der Waals surface area contributed by atoms with Crippen LogP contribution < -0.4 is 0 Å². The summed E-state index contributed by atoms with van der Waals surface area (Å²) >= 11 is 0. The number of unbranched alkanes of at least 4 members (excludes halogenated alkanes) is 1. The molecule has 0 saturated carbocycles. The molecule has 0 radical (unpaired) electrons. The molecule has 0 bridgehead atoms. The highest BCUT2D eigenvalue weighted by Crippen LogP contribution is 2.10. The molecule has 3 nitrogen and oxygen atoms in total. The molecule has 0 aromatic rings. The molecule has 0 spiro atoms. The fourth-order valence-corrected chi connectivity index (χ4v) is 1.24. The SMILES string of the molecule is CCCCN(CCC)C(=O)OC(C)(C)C. The summed E-state index contributed by atoms with van der Waals surface area (Å²) in [4.78, 5) is 13.6. The van der Waals surface area contributed by atoms with Crippen LogP contribution in [0.4, 0.5) is 4.79 Å². The Balaban J connectivity index is 4.15. The van der Waals surface area contributed by atoms with Crippen molar-refractivity contribution in [1.82, 2.24) is 4.90 Å². The second-order valence-electron chi connectivity index (χ2n) is 4.82. The van der Waals surface area contributed by atoms with E-state index in [1.54, 1.807) is 4.90 Å². The topological polar surface area (TPSA) is 29.5 Å². The maximum absolute atomic E-state index is 11.8. The summed E-state index contributed by atoms with van der Waals surface area (Å²) in [5, 5.41) is 0. The van der Waals surface area contributed by atoms with Crippen molar-refractivity contribution >= 4 is 6.09 Å². The van der Waals surface area contributed by atoms with Crippen LogP contribution in [0.15, 0.2) is 0 Å². The lowest BCUT2D eigenvalue weighted by molar-refractivity contribution is 0.0247. The third-order valence-corrected chi connectivity index (χ3v) is 1.93. The zero-order chi connectivity index (χ0) is 11.9. The number of carbonyl (C=O) groups is 1. The van der Waals surface area contributed by atoms with Gasteiger partial charge in [0.05, 0.1) is 0 Å². The van der Waals surface area contributed by atoms with Gasteiger partial charge in [0, 0.05) is 13.1 Å². The molecule has 0 aliphatic carbocycles. The van der Waals surface area contributed by atoms with Gasteiger partial charge < -0.3 is 9.64 Å². The Morgan fingerprint density at radius 1 is 1.13 bits per heavy atom. The van der Waals surface area contributed by atoms with Gasteiger partial charge in [-0.1, -0.05) is 20.3 Å². The van der Waals surface area contributed by atoms with Crippen molar-refractivity contribution in [2.24, 2.45) is 0 Å². The van der Waals surface area contributed by atoms with E-state index in [1.807, 2.05) is 20.8 Å². The normalized spacial score (nSPS) is 11.3. The van der Waals surface area contributed by atoms with Crippen molar-refractivity contribution in [3.05, 3.63) is 0 Å². The fourth-order valence-electron chi connectivity index (χ4n) is 1.24. The molecular weight excluding hydrogens is 190 g/mol. The Hall–Kier alpha value is -0.730. The molecule has 0 saturated heterocycles. The van der Waals surface area contributed by atoms with Crippen LogP contribution in [0, 0.1) is 0 Å². The van der Waals surface area contributed by atoms with Crippen molar-refractivity contribution in [3.8, 4) is 0 Å². The van der Waals surface area contributed by atoms with E-state index in [-0.39, 0.29) is 6.09 Å². The van der Waals surface area contributed by atoms with Gasteiger partial charge in [-0.15, -0.1) is 0 Å². The van der Waals surface area contributed by atoms with Crippen LogP contribution in [0.25, 0.3) is 0 Å². The monoisotopic (exact) mass is 215 g/mol. The Morgan fingerprint density at radius 2 is 1.73 bits per heavy atom. The van der Waals surface area contributed by atoms with E-state index in [2.05, 4.69) is 13.8 Å². The van der Waals surface area contributed by atoms with E-state index in [1.165, 1.54) is 0 Å². The summed E-state index contributed by atoms with van der Waals surface area (Å²) in [5.41, 5.74) is -0.394. The molecule has 0 N–H and O–H groups in total. The zero-order valence-electron chi connectivity index (χ0n) is 10.8. The third-order valence-electron chi connectivity index (χ3n) is 1.93. The number of carbonyl (C=O) groups excluding carboxylic acids is 1. The maximum atomic E-state index is 11.8. The lowest BCUT2D eigenvalue weighted by atomic mass is 10.2. The first-order valence-electron chi connectivity index (χ1n) is 5.88. The van der Waals surface area contributed by atoms with E-state index in [4.69, 9.17) is 4.74 Å². The highest BCUT2D eigenvalue weighted by atomic mass is 16.6. The minimum absolute atomic E-state index is 0.183. The molecule has 0 atom stereocenters. The van der Waals surface area contributed by atoms with Crippen molar-refractivity contribution in [2.45, 2.75) is 59.5 Å². The molecule has 0 unspecified atom stereocenters.